The maximum atomic E-state index is 9.04. The summed E-state index contributed by atoms with van der Waals surface area (Å²) in [6.07, 6.45) is 4.11. The Hall–Kier alpha value is -1.60. The van der Waals surface area contributed by atoms with E-state index in [2.05, 4.69) is 23.0 Å². The molecule has 0 amide bonds. The Morgan fingerprint density at radius 3 is 2.76 bits per heavy atom. The van der Waals surface area contributed by atoms with Gasteiger partial charge in [-0.05, 0) is 50.5 Å². The average Bonchev–Trinajstić information content (AvgIpc) is 2.39. The number of ether oxygens (including phenoxy) is 1. The number of pyridine rings is 1. The molecule has 0 spiro atoms. The largest absolute Gasteiger partial charge is 0.480 e. The summed E-state index contributed by atoms with van der Waals surface area (Å²) < 4.78 is 5.05. The molecule has 1 saturated heterocycles. The van der Waals surface area contributed by atoms with E-state index in [1.807, 2.05) is 12.3 Å². The van der Waals surface area contributed by atoms with Crippen molar-refractivity contribution in [1.82, 2.24) is 9.88 Å². The molecule has 2 rings (SSSR count). The smallest absolute Gasteiger partial charge is 0.231 e. The first kappa shape index (κ1) is 11.9. The van der Waals surface area contributed by atoms with Crippen molar-refractivity contribution in [3.05, 3.63) is 23.4 Å². The third kappa shape index (κ3) is 2.56. The van der Waals surface area contributed by atoms with Gasteiger partial charge < -0.3 is 9.64 Å². The molecule has 1 aliphatic heterocycles. The van der Waals surface area contributed by atoms with E-state index >= 15 is 0 Å². The Labute approximate surface area is 102 Å². The zero-order valence-electron chi connectivity index (χ0n) is 10.3. The average molecular weight is 231 g/mol. The number of hydrogen-bond acceptors (Lipinski definition) is 4. The summed E-state index contributed by atoms with van der Waals surface area (Å²) in [5.74, 6) is 0.945. The van der Waals surface area contributed by atoms with E-state index < -0.39 is 0 Å². The zero-order valence-corrected chi connectivity index (χ0v) is 10.3. The van der Waals surface area contributed by atoms with Gasteiger partial charge in [-0.3, -0.25) is 0 Å². The lowest BCUT2D eigenvalue weighted by atomic mass is 9.90. The molecule has 17 heavy (non-hydrogen) atoms. The standard InChI is InChI=1S/C13H17N3O/c1-16-5-3-10(4-6-16)12-7-11(8-14)13(17-2)15-9-12/h7,9-10H,3-6H2,1-2H3. The van der Waals surface area contributed by atoms with Crippen LogP contribution < -0.4 is 4.74 Å². The van der Waals surface area contributed by atoms with E-state index in [1.165, 1.54) is 0 Å². The third-order valence-electron chi connectivity index (χ3n) is 3.38. The topological polar surface area (TPSA) is 49.1 Å². The molecule has 0 bridgehead atoms. The second-order valence-electron chi connectivity index (χ2n) is 4.51. The lowest BCUT2D eigenvalue weighted by Gasteiger charge is -2.29. The van der Waals surface area contributed by atoms with Crippen LogP contribution in [0.1, 0.15) is 29.9 Å². The molecule has 1 aliphatic rings. The highest BCUT2D eigenvalue weighted by molar-refractivity contribution is 5.41. The number of likely N-dealkylation sites (tertiary alicyclic amines) is 1. The van der Waals surface area contributed by atoms with Gasteiger partial charge in [0.1, 0.15) is 11.6 Å². The molecule has 0 aliphatic carbocycles. The maximum Gasteiger partial charge on any atom is 0.231 e. The Kier molecular flexibility index (Phi) is 3.60. The van der Waals surface area contributed by atoms with Crippen molar-refractivity contribution < 1.29 is 4.74 Å². The first-order chi connectivity index (χ1) is 8.24. The van der Waals surface area contributed by atoms with Gasteiger partial charge in [0, 0.05) is 6.20 Å². The van der Waals surface area contributed by atoms with Crippen LogP contribution >= 0.6 is 0 Å². The molecular formula is C13H17N3O. The van der Waals surface area contributed by atoms with Gasteiger partial charge in [0.15, 0.2) is 0 Å². The fourth-order valence-electron chi connectivity index (χ4n) is 2.28. The molecule has 0 saturated carbocycles. The van der Waals surface area contributed by atoms with Gasteiger partial charge in [-0.15, -0.1) is 0 Å². The summed E-state index contributed by atoms with van der Waals surface area (Å²) >= 11 is 0. The number of rotatable bonds is 2. The van der Waals surface area contributed by atoms with Crippen molar-refractivity contribution in [3.63, 3.8) is 0 Å². The van der Waals surface area contributed by atoms with Gasteiger partial charge in [-0.2, -0.15) is 5.26 Å². The second kappa shape index (κ2) is 5.15. The van der Waals surface area contributed by atoms with Crippen LogP contribution in [-0.2, 0) is 0 Å². The molecule has 1 aromatic rings. The van der Waals surface area contributed by atoms with E-state index in [-0.39, 0.29) is 0 Å². The van der Waals surface area contributed by atoms with Gasteiger partial charge in [-0.25, -0.2) is 4.98 Å². The highest BCUT2D eigenvalue weighted by Crippen LogP contribution is 2.29. The van der Waals surface area contributed by atoms with Crippen molar-refractivity contribution in [2.45, 2.75) is 18.8 Å². The van der Waals surface area contributed by atoms with Crippen LogP contribution in [0, 0.1) is 11.3 Å². The number of aromatic nitrogens is 1. The van der Waals surface area contributed by atoms with Crippen molar-refractivity contribution in [2.75, 3.05) is 27.2 Å². The van der Waals surface area contributed by atoms with Crippen LogP contribution in [0.5, 0.6) is 5.88 Å². The highest BCUT2D eigenvalue weighted by atomic mass is 16.5. The van der Waals surface area contributed by atoms with Gasteiger partial charge in [0.05, 0.1) is 7.11 Å². The van der Waals surface area contributed by atoms with Gasteiger partial charge in [0.2, 0.25) is 5.88 Å². The summed E-state index contributed by atoms with van der Waals surface area (Å²) in [6.45, 7) is 2.22. The molecule has 90 valence electrons. The third-order valence-corrected chi connectivity index (χ3v) is 3.38. The van der Waals surface area contributed by atoms with Gasteiger partial charge >= 0.3 is 0 Å². The molecule has 4 heteroatoms. The summed E-state index contributed by atoms with van der Waals surface area (Å²) in [4.78, 5) is 6.54. The number of piperidine rings is 1. The minimum absolute atomic E-state index is 0.421. The van der Waals surface area contributed by atoms with E-state index in [1.54, 1.807) is 7.11 Å². The van der Waals surface area contributed by atoms with E-state index in [4.69, 9.17) is 10.00 Å². The molecule has 2 heterocycles. The molecule has 0 aromatic carbocycles. The van der Waals surface area contributed by atoms with Crippen LogP contribution in [0.15, 0.2) is 12.3 Å². The normalized spacial score (nSPS) is 17.7. The van der Waals surface area contributed by atoms with Gasteiger partial charge in [-0.1, -0.05) is 0 Å². The molecular weight excluding hydrogens is 214 g/mol. The molecule has 0 radical (unpaired) electrons. The first-order valence-electron chi connectivity index (χ1n) is 5.87. The lowest BCUT2D eigenvalue weighted by molar-refractivity contribution is 0.255. The summed E-state index contributed by atoms with van der Waals surface area (Å²) in [5, 5.41) is 9.04. The first-order valence-corrected chi connectivity index (χ1v) is 5.87. The molecule has 1 fully saturated rings. The van der Waals surface area contributed by atoms with Crippen LogP contribution in [0.4, 0.5) is 0 Å². The van der Waals surface area contributed by atoms with Crippen molar-refractivity contribution in [3.8, 4) is 11.9 Å². The fourth-order valence-corrected chi connectivity index (χ4v) is 2.28. The maximum absolute atomic E-state index is 9.04. The quantitative estimate of drug-likeness (QED) is 0.778. The Bertz CT molecular complexity index is 431. The predicted molar refractivity (Wildman–Crippen MR) is 65.0 cm³/mol. The van der Waals surface area contributed by atoms with Crippen molar-refractivity contribution >= 4 is 0 Å². The minimum Gasteiger partial charge on any atom is -0.480 e. The molecule has 0 N–H and O–H groups in total. The number of hydrogen-bond donors (Lipinski definition) is 0. The zero-order chi connectivity index (χ0) is 12.3. The Morgan fingerprint density at radius 1 is 1.47 bits per heavy atom. The molecule has 4 nitrogen and oxygen atoms in total. The lowest BCUT2D eigenvalue weighted by Crippen LogP contribution is -2.29. The number of methoxy groups -OCH3 is 1. The van der Waals surface area contributed by atoms with Crippen molar-refractivity contribution in [2.24, 2.45) is 0 Å². The fraction of sp³-hybridized carbons (Fsp3) is 0.538. The number of nitriles is 1. The monoisotopic (exact) mass is 231 g/mol. The van der Waals surface area contributed by atoms with Crippen molar-refractivity contribution in [1.29, 1.82) is 5.26 Å². The predicted octanol–water partition coefficient (Wildman–Crippen LogP) is 1.77. The minimum atomic E-state index is 0.421. The summed E-state index contributed by atoms with van der Waals surface area (Å²) in [5.41, 5.74) is 1.69. The molecule has 1 aromatic heterocycles. The summed E-state index contributed by atoms with van der Waals surface area (Å²) in [7, 11) is 3.68. The van der Waals surface area contributed by atoms with E-state index in [9.17, 15) is 0 Å². The van der Waals surface area contributed by atoms with E-state index in [0.29, 0.717) is 17.4 Å². The Balaban J connectivity index is 2.19. The number of nitrogens with zero attached hydrogens (tertiary/aromatic N) is 3. The highest BCUT2D eigenvalue weighted by Gasteiger charge is 2.19. The Morgan fingerprint density at radius 2 is 2.18 bits per heavy atom. The molecule has 0 atom stereocenters. The second-order valence-corrected chi connectivity index (χ2v) is 4.51. The van der Waals surface area contributed by atoms with Gasteiger partial charge in [0.25, 0.3) is 0 Å². The van der Waals surface area contributed by atoms with Crippen LogP contribution in [-0.4, -0.2) is 37.1 Å². The SMILES string of the molecule is COc1ncc(C2CCN(C)CC2)cc1C#N. The van der Waals surface area contributed by atoms with Crippen LogP contribution in [0.2, 0.25) is 0 Å². The van der Waals surface area contributed by atoms with Crippen LogP contribution in [0.3, 0.4) is 0 Å². The van der Waals surface area contributed by atoms with Crippen LogP contribution in [0.25, 0.3) is 0 Å². The summed E-state index contributed by atoms with van der Waals surface area (Å²) in [6, 6.07) is 4.06. The van der Waals surface area contributed by atoms with E-state index in [0.717, 1.165) is 31.5 Å². The molecule has 0 unspecified atom stereocenters.